The molecule has 0 spiro atoms. The highest BCUT2D eigenvalue weighted by molar-refractivity contribution is 6.08. The Morgan fingerprint density at radius 3 is 1.79 bits per heavy atom. The Morgan fingerprint density at radius 1 is 0.842 bits per heavy atom. The maximum Gasteiger partial charge on any atom is 0.0891 e. The molecule has 19 heavy (non-hydrogen) atoms. The third kappa shape index (κ3) is 9.92. The van der Waals surface area contributed by atoms with E-state index in [1.165, 1.54) is 82.8 Å². The summed E-state index contributed by atoms with van der Waals surface area (Å²) in [6.07, 6.45) is 21.5. The monoisotopic (exact) mass is 263 g/mol. The molecule has 1 heterocycles. The number of hydrogen-bond acceptors (Lipinski definition) is 1. The van der Waals surface area contributed by atoms with Crippen molar-refractivity contribution in [2.45, 2.75) is 96.9 Å². The Balaban J connectivity index is 1.69. The molecule has 0 fully saturated rings. The van der Waals surface area contributed by atoms with E-state index in [4.69, 9.17) is 0 Å². The Kier molecular flexibility index (Phi) is 9.75. The number of rotatable bonds is 13. The van der Waals surface area contributed by atoms with Gasteiger partial charge in [0.2, 0.25) is 0 Å². The van der Waals surface area contributed by atoms with Crippen molar-refractivity contribution >= 4 is 5.71 Å². The molecule has 0 amide bonds. The lowest BCUT2D eigenvalue weighted by atomic mass is 10.1. The van der Waals surface area contributed by atoms with Gasteiger partial charge in [-0.1, -0.05) is 77.2 Å². The minimum absolute atomic E-state index is 0.522. The second-order valence-corrected chi connectivity index (χ2v) is 5.96. The van der Waals surface area contributed by atoms with Gasteiger partial charge in [0.25, 0.3) is 0 Å². The highest BCUT2D eigenvalue weighted by Crippen LogP contribution is 2.13. The predicted molar refractivity (Wildman–Crippen MR) is 87.1 cm³/mol. The van der Waals surface area contributed by atoms with Gasteiger partial charge in [0, 0.05) is 0 Å². The van der Waals surface area contributed by atoms with E-state index in [1.807, 2.05) is 0 Å². The Hall–Kier alpha value is -0.590. The first-order chi connectivity index (χ1) is 9.34. The van der Waals surface area contributed by atoms with Crippen LogP contribution in [0.2, 0.25) is 0 Å². The molecule has 110 valence electrons. The van der Waals surface area contributed by atoms with Crippen LogP contribution in [0.4, 0.5) is 0 Å². The average Bonchev–Trinajstić information content (AvgIpc) is 3.11. The van der Waals surface area contributed by atoms with Gasteiger partial charge in [-0.25, -0.2) is 0 Å². The highest BCUT2D eigenvalue weighted by Gasteiger charge is 2.17. The SMILES string of the molecule is CCCCCCCCCCCCC/C=C/C1=NC1C. The molecule has 0 radical (unpaired) electrons. The molecule has 0 aromatic carbocycles. The fourth-order valence-electron chi connectivity index (χ4n) is 2.50. The normalized spacial score (nSPS) is 18.0. The van der Waals surface area contributed by atoms with Crippen LogP contribution in [0.5, 0.6) is 0 Å². The standard InChI is InChI=1S/C18H33N/c1-3-4-5-6-7-8-9-10-11-12-13-14-15-16-18-17(2)19-18/h15-17H,3-14H2,1-2H3/b16-15+. The van der Waals surface area contributed by atoms with Crippen molar-refractivity contribution in [3.05, 3.63) is 12.2 Å². The van der Waals surface area contributed by atoms with Gasteiger partial charge >= 0.3 is 0 Å². The number of hydrogen-bond donors (Lipinski definition) is 0. The van der Waals surface area contributed by atoms with E-state index in [1.54, 1.807) is 0 Å². The van der Waals surface area contributed by atoms with Crippen LogP contribution in [0, 0.1) is 0 Å². The average molecular weight is 263 g/mol. The molecule has 1 unspecified atom stereocenters. The maximum atomic E-state index is 4.28. The molecule has 0 bridgehead atoms. The molecule has 1 heteroatoms. The second-order valence-electron chi connectivity index (χ2n) is 5.96. The summed E-state index contributed by atoms with van der Waals surface area (Å²) >= 11 is 0. The van der Waals surface area contributed by atoms with Crippen LogP contribution >= 0.6 is 0 Å². The van der Waals surface area contributed by atoms with Gasteiger partial charge in [-0.15, -0.1) is 0 Å². The van der Waals surface area contributed by atoms with E-state index < -0.39 is 0 Å². The molecule has 1 aliphatic heterocycles. The third-order valence-electron chi connectivity index (χ3n) is 3.97. The summed E-state index contributed by atoms with van der Waals surface area (Å²) in [5, 5.41) is 0. The molecule has 0 aliphatic carbocycles. The van der Waals surface area contributed by atoms with E-state index in [0.717, 1.165) is 0 Å². The lowest BCUT2D eigenvalue weighted by Crippen LogP contribution is -1.84. The zero-order valence-corrected chi connectivity index (χ0v) is 13.2. The van der Waals surface area contributed by atoms with Crippen LogP contribution in [0.1, 0.15) is 90.9 Å². The van der Waals surface area contributed by atoms with Crippen LogP contribution in [0.25, 0.3) is 0 Å². The number of allylic oxidation sites excluding steroid dienone is 1. The molecule has 1 rings (SSSR count). The van der Waals surface area contributed by atoms with E-state index in [-0.39, 0.29) is 0 Å². The fourth-order valence-corrected chi connectivity index (χ4v) is 2.50. The van der Waals surface area contributed by atoms with Gasteiger partial charge in [0.05, 0.1) is 11.8 Å². The maximum absolute atomic E-state index is 4.28. The van der Waals surface area contributed by atoms with Gasteiger partial charge in [-0.05, 0) is 25.8 Å². The van der Waals surface area contributed by atoms with Crippen molar-refractivity contribution in [2.24, 2.45) is 4.99 Å². The minimum atomic E-state index is 0.522. The lowest BCUT2D eigenvalue weighted by Gasteiger charge is -2.01. The number of unbranched alkanes of at least 4 members (excludes halogenated alkanes) is 11. The molecule has 0 saturated carbocycles. The van der Waals surface area contributed by atoms with Crippen LogP contribution in [0.3, 0.4) is 0 Å². The first-order valence-electron chi connectivity index (χ1n) is 8.59. The van der Waals surface area contributed by atoms with E-state index >= 15 is 0 Å². The summed E-state index contributed by atoms with van der Waals surface area (Å²) in [5.74, 6) is 0. The van der Waals surface area contributed by atoms with Gasteiger partial charge in [0.15, 0.2) is 0 Å². The van der Waals surface area contributed by atoms with E-state index in [0.29, 0.717) is 6.04 Å². The molecule has 0 aromatic rings. The van der Waals surface area contributed by atoms with Crippen LogP contribution in [-0.4, -0.2) is 11.8 Å². The van der Waals surface area contributed by atoms with Gasteiger partial charge in [0.1, 0.15) is 0 Å². The Labute approximate surface area is 120 Å². The van der Waals surface area contributed by atoms with Crippen molar-refractivity contribution < 1.29 is 0 Å². The zero-order valence-electron chi connectivity index (χ0n) is 13.2. The van der Waals surface area contributed by atoms with Crippen molar-refractivity contribution in [3.63, 3.8) is 0 Å². The summed E-state index contributed by atoms with van der Waals surface area (Å²) in [7, 11) is 0. The summed E-state index contributed by atoms with van der Waals surface area (Å²) in [4.78, 5) is 4.28. The van der Waals surface area contributed by atoms with Crippen molar-refractivity contribution in [3.8, 4) is 0 Å². The molecular weight excluding hydrogens is 230 g/mol. The van der Waals surface area contributed by atoms with Gasteiger partial charge in [-0.2, -0.15) is 0 Å². The van der Waals surface area contributed by atoms with Crippen LogP contribution in [0.15, 0.2) is 17.1 Å². The number of nitrogens with zero attached hydrogens (tertiary/aromatic N) is 1. The summed E-state index contributed by atoms with van der Waals surface area (Å²) < 4.78 is 0. The topological polar surface area (TPSA) is 12.4 Å². The molecule has 0 saturated heterocycles. The predicted octanol–water partition coefficient (Wildman–Crippen LogP) is 6.09. The highest BCUT2D eigenvalue weighted by atomic mass is 14.9. The molecule has 0 N–H and O–H groups in total. The summed E-state index contributed by atoms with van der Waals surface area (Å²) in [5.41, 5.74) is 1.29. The van der Waals surface area contributed by atoms with Crippen LogP contribution < -0.4 is 0 Å². The molecular formula is C18H33N. The van der Waals surface area contributed by atoms with Crippen LogP contribution in [-0.2, 0) is 0 Å². The third-order valence-corrected chi connectivity index (χ3v) is 3.97. The van der Waals surface area contributed by atoms with Crippen molar-refractivity contribution in [2.75, 3.05) is 0 Å². The molecule has 0 aromatic heterocycles. The van der Waals surface area contributed by atoms with Crippen molar-refractivity contribution in [1.82, 2.24) is 0 Å². The largest absolute Gasteiger partial charge is 0.278 e. The summed E-state index contributed by atoms with van der Waals surface area (Å²) in [6, 6.07) is 0.522. The molecule has 1 nitrogen and oxygen atoms in total. The number of aliphatic imine (C=N–C) groups is 1. The quantitative estimate of drug-likeness (QED) is 0.357. The van der Waals surface area contributed by atoms with Gasteiger partial charge in [-0.3, -0.25) is 4.99 Å². The fraction of sp³-hybridized carbons (Fsp3) is 0.833. The minimum Gasteiger partial charge on any atom is -0.278 e. The van der Waals surface area contributed by atoms with Gasteiger partial charge < -0.3 is 0 Å². The van der Waals surface area contributed by atoms with Crippen molar-refractivity contribution in [1.29, 1.82) is 0 Å². The van der Waals surface area contributed by atoms with E-state index in [9.17, 15) is 0 Å². The molecule has 1 atom stereocenters. The summed E-state index contributed by atoms with van der Waals surface area (Å²) in [6.45, 7) is 4.44. The zero-order chi connectivity index (χ0) is 13.8. The Morgan fingerprint density at radius 2 is 1.32 bits per heavy atom. The first-order valence-corrected chi connectivity index (χ1v) is 8.59. The first kappa shape index (κ1) is 16.5. The molecule has 1 aliphatic rings. The second kappa shape index (κ2) is 11.3. The Bertz CT molecular complexity index is 265. The lowest BCUT2D eigenvalue weighted by molar-refractivity contribution is 0.550. The smallest absolute Gasteiger partial charge is 0.0891 e. The van der Waals surface area contributed by atoms with E-state index in [2.05, 4.69) is 31.0 Å².